The lowest BCUT2D eigenvalue weighted by Gasteiger charge is -2.34. The van der Waals surface area contributed by atoms with Crippen LogP contribution in [-0.2, 0) is 16.1 Å². The molecular weight excluding hydrogens is 478 g/mol. The van der Waals surface area contributed by atoms with Gasteiger partial charge in [-0.05, 0) is 35.2 Å². The van der Waals surface area contributed by atoms with Crippen molar-refractivity contribution in [3.05, 3.63) is 88.5 Å². The van der Waals surface area contributed by atoms with Gasteiger partial charge < -0.3 is 19.9 Å². The van der Waals surface area contributed by atoms with E-state index >= 15 is 0 Å². The van der Waals surface area contributed by atoms with Crippen molar-refractivity contribution in [3.63, 3.8) is 0 Å². The molecular formula is C31H33N3O4. The van der Waals surface area contributed by atoms with E-state index in [0.29, 0.717) is 44.2 Å². The van der Waals surface area contributed by atoms with E-state index in [1.54, 1.807) is 7.11 Å². The Hall–Kier alpha value is -3.96. The molecule has 3 aromatic rings. The third-order valence-electron chi connectivity index (χ3n) is 6.74. The highest BCUT2D eigenvalue weighted by Crippen LogP contribution is 2.30. The number of nitriles is 1. The molecule has 7 nitrogen and oxygen atoms in total. The highest BCUT2D eigenvalue weighted by atomic mass is 16.5. The molecule has 2 N–H and O–H groups in total. The van der Waals surface area contributed by atoms with Crippen molar-refractivity contribution < 1.29 is 19.4 Å². The smallest absolute Gasteiger partial charge is 0.322 e. The van der Waals surface area contributed by atoms with Crippen molar-refractivity contribution >= 4 is 18.1 Å². The van der Waals surface area contributed by atoms with E-state index in [0.717, 1.165) is 39.9 Å². The van der Waals surface area contributed by atoms with Gasteiger partial charge >= 0.3 is 5.97 Å². The summed E-state index contributed by atoms with van der Waals surface area (Å²) in [6.45, 7) is 5.14. The highest BCUT2D eigenvalue weighted by Gasteiger charge is 2.29. The monoisotopic (exact) mass is 511 g/mol. The van der Waals surface area contributed by atoms with Gasteiger partial charge in [-0.2, -0.15) is 5.26 Å². The number of methoxy groups -OCH3 is 1. The van der Waals surface area contributed by atoms with Crippen LogP contribution in [0.3, 0.4) is 0 Å². The Morgan fingerprint density at radius 2 is 1.92 bits per heavy atom. The summed E-state index contributed by atoms with van der Waals surface area (Å²) in [4.78, 5) is 13.8. The molecule has 1 saturated heterocycles. The second-order valence-electron chi connectivity index (χ2n) is 9.27. The molecule has 0 unspecified atom stereocenters. The van der Waals surface area contributed by atoms with E-state index in [4.69, 9.17) is 9.47 Å². The SMILES string of the molecule is COCCOc1cc(/C=C/c2cccc(-c3ccccc3)c2C#N)c(C)cc1CN1CCNC[C@H]1C(=O)O. The number of aliphatic carboxylic acids is 1. The number of nitrogens with zero attached hydrogens (tertiary/aromatic N) is 2. The number of carbonyl (C=O) groups is 1. The molecule has 196 valence electrons. The zero-order chi connectivity index (χ0) is 26.9. The molecule has 1 aliphatic rings. The number of rotatable bonds is 10. The minimum atomic E-state index is -0.832. The van der Waals surface area contributed by atoms with Crippen LogP contribution in [0.15, 0.2) is 60.7 Å². The molecule has 0 radical (unpaired) electrons. The largest absolute Gasteiger partial charge is 0.491 e. The van der Waals surface area contributed by atoms with Gasteiger partial charge in [-0.1, -0.05) is 66.7 Å². The topological polar surface area (TPSA) is 94.8 Å². The average Bonchev–Trinajstić information content (AvgIpc) is 2.94. The Balaban J connectivity index is 1.66. The molecule has 0 saturated carbocycles. The van der Waals surface area contributed by atoms with Crippen molar-refractivity contribution in [2.45, 2.75) is 19.5 Å². The van der Waals surface area contributed by atoms with Gasteiger partial charge in [-0.3, -0.25) is 9.69 Å². The fraction of sp³-hybridized carbons (Fsp3) is 0.290. The molecule has 1 atom stereocenters. The molecule has 7 heteroatoms. The maximum atomic E-state index is 11.8. The Morgan fingerprint density at radius 1 is 1.13 bits per heavy atom. The lowest BCUT2D eigenvalue weighted by atomic mass is 9.95. The number of ether oxygens (including phenoxy) is 2. The first kappa shape index (κ1) is 27.1. The first-order valence-electron chi connectivity index (χ1n) is 12.7. The fourth-order valence-corrected chi connectivity index (χ4v) is 4.71. The summed E-state index contributed by atoms with van der Waals surface area (Å²) in [5, 5.41) is 22.8. The lowest BCUT2D eigenvalue weighted by molar-refractivity contribution is -0.144. The Labute approximate surface area is 223 Å². The lowest BCUT2D eigenvalue weighted by Crippen LogP contribution is -2.54. The Bertz CT molecular complexity index is 1330. The van der Waals surface area contributed by atoms with Crippen LogP contribution in [0.1, 0.15) is 27.8 Å². The summed E-state index contributed by atoms with van der Waals surface area (Å²) in [5.74, 6) is -0.130. The minimum Gasteiger partial charge on any atom is -0.491 e. The quantitative estimate of drug-likeness (QED) is 0.304. The second-order valence-corrected chi connectivity index (χ2v) is 9.27. The van der Waals surface area contributed by atoms with Gasteiger partial charge in [-0.25, -0.2) is 0 Å². The molecule has 3 aromatic carbocycles. The maximum Gasteiger partial charge on any atom is 0.322 e. The van der Waals surface area contributed by atoms with Crippen molar-refractivity contribution in [1.82, 2.24) is 10.2 Å². The van der Waals surface area contributed by atoms with Crippen molar-refractivity contribution in [2.24, 2.45) is 0 Å². The van der Waals surface area contributed by atoms with Crippen molar-refractivity contribution in [3.8, 4) is 22.9 Å². The van der Waals surface area contributed by atoms with Crippen LogP contribution in [0.2, 0.25) is 0 Å². The summed E-state index contributed by atoms with van der Waals surface area (Å²) < 4.78 is 11.3. The predicted molar refractivity (Wildman–Crippen MR) is 149 cm³/mol. The normalized spacial score (nSPS) is 15.9. The van der Waals surface area contributed by atoms with E-state index in [2.05, 4.69) is 17.5 Å². The van der Waals surface area contributed by atoms with Gasteiger partial charge in [0.05, 0.1) is 12.2 Å². The van der Waals surface area contributed by atoms with Crippen LogP contribution in [0, 0.1) is 18.3 Å². The van der Waals surface area contributed by atoms with E-state index < -0.39 is 12.0 Å². The standard InChI is InChI=1S/C31H33N3O4/c1-22-17-26(21-34-14-13-33-20-29(34)31(35)36)30(38-16-15-37-2)18-25(22)12-11-24-9-6-10-27(28(24)19-32)23-7-4-3-5-8-23/h3-12,17-18,29,33H,13-16,20-21H2,1-2H3,(H,35,36)/b12-11+/t29-/m0/s1. The molecule has 0 spiro atoms. The number of piperazine rings is 1. The molecule has 1 heterocycles. The fourth-order valence-electron chi connectivity index (χ4n) is 4.71. The Morgan fingerprint density at radius 3 is 2.66 bits per heavy atom. The number of carboxylic acids is 1. The minimum absolute atomic E-state index is 0.386. The van der Waals surface area contributed by atoms with Gasteiger partial charge in [0.15, 0.2) is 0 Å². The molecule has 0 amide bonds. The van der Waals surface area contributed by atoms with Crippen molar-refractivity contribution in [2.75, 3.05) is 40.0 Å². The van der Waals surface area contributed by atoms with Crippen LogP contribution < -0.4 is 10.1 Å². The zero-order valence-electron chi connectivity index (χ0n) is 21.8. The number of nitrogens with one attached hydrogen (secondary N) is 1. The van der Waals surface area contributed by atoms with Gasteiger partial charge in [0.1, 0.15) is 24.5 Å². The first-order valence-corrected chi connectivity index (χ1v) is 12.7. The summed E-state index contributed by atoms with van der Waals surface area (Å²) in [7, 11) is 1.63. The number of carboxylic acid groups (broad SMARTS) is 1. The van der Waals surface area contributed by atoms with Crippen LogP contribution in [0.4, 0.5) is 0 Å². The van der Waals surface area contributed by atoms with Crippen LogP contribution in [0.25, 0.3) is 23.3 Å². The molecule has 1 fully saturated rings. The van der Waals surface area contributed by atoms with Gasteiger partial charge in [0, 0.05) is 44.4 Å². The van der Waals surface area contributed by atoms with Crippen LogP contribution in [0.5, 0.6) is 5.75 Å². The highest BCUT2D eigenvalue weighted by molar-refractivity contribution is 5.81. The predicted octanol–water partition coefficient (Wildman–Crippen LogP) is 4.59. The van der Waals surface area contributed by atoms with Gasteiger partial charge in [0.25, 0.3) is 0 Å². The van der Waals surface area contributed by atoms with Gasteiger partial charge in [0.2, 0.25) is 0 Å². The molecule has 38 heavy (non-hydrogen) atoms. The molecule has 0 bridgehead atoms. The van der Waals surface area contributed by atoms with Crippen LogP contribution in [-0.4, -0.2) is 62.0 Å². The van der Waals surface area contributed by atoms with Gasteiger partial charge in [-0.15, -0.1) is 0 Å². The van der Waals surface area contributed by atoms with E-state index in [9.17, 15) is 15.2 Å². The average molecular weight is 512 g/mol. The molecule has 0 aromatic heterocycles. The van der Waals surface area contributed by atoms with Crippen LogP contribution >= 0.6 is 0 Å². The zero-order valence-corrected chi connectivity index (χ0v) is 21.8. The molecule has 1 aliphatic heterocycles. The third kappa shape index (κ3) is 6.48. The number of hydrogen-bond donors (Lipinski definition) is 2. The summed E-state index contributed by atoms with van der Waals surface area (Å²) in [6, 6.07) is 21.6. The first-order chi connectivity index (χ1) is 18.5. The van der Waals surface area contributed by atoms with E-state index in [-0.39, 0.29) is 0 Å². The maximum absolute atomic E-state index is 11.8. The second kappa shape index (κ2) is 13.0. The molecule has 4 rings (SSSR count). The Kier molecular flexibility index (Phi) is 9.28. The summed E-state index contributed by atoms with van der Waals surface area (Å²) in [5.41, 5.74) is 6.30. The number of aryl methyl sites for hydroxylation is 1. The van der Waals surface area contributed by atoms with E-state index in [1.807, 2.05) is 78.6 Å². The molecule has 0 aliphatic carbocycles. The summed E-state index contributed by atoms with van der Waals surface area (Å²) >= 11 is 0. The van der Waals surface area contributed by atoms with Crippen molar-refractivity contribution in [1.29, 1.82) is 5.26 Å². The number of benzene rings is 3. The summed E-state index contributed by atoms with van der Waals surface area (Å²) in [6.07, 6.45) is 3.96. The van der Waals surface area contributed by atoms with E-state index in [1.165, 1.54) is 0 Å². The third-order valence-corrected chi connectivity index (χ3v) is 6.74. The number of hydrogen-bond acceptors (Lipinski definition) is 6.